The summed E-state index contributed by atoms with van der Waals surface area (Å²) in [5.74, 6) is -1.02. The van der Waals surface area contributed by atoms with Gasteiger partial charge in [-0.3, -0.25) is 14.4 Å². The molecule has 0 spiro atoms. The van der Waals surface area contributed by atoms with Crippen LogP contribution in [0.3, 0.4) is 0 Å². The minimum absolute atomic E-state index is 0.103. The summed E-state index contributed by atoms with van der Waals surface area (Å²) in [6.45, 7) is 1.94. The molecule has 0 aliphatic heterocycles. The van der Waals surface area contributed by atoms with Gasteiger partial charge in [0.25, 0.3) is 11.8 Å². The maximum absolute atomic E-state index is 13.3. The number of ketones is 1. The fraction of sp³-hybridized carbons (Fsp3) is 0.0278. The van der Waals surface area contributed by atoms with Gasteiger partial charge in [0.2, 0.25) is 0 Å². The summed E-state index contributed by atoms with van der Waals surface area (Å²) >= 11 is 0. The minimum atomic E-state index is -0.479. The average Bonchev–Trinajstić information content (AvgIpc) is 3.01. The first-order valence-corrected chi connectivity index (χ1v) is 13.2. The van der Waals surface area contributed by atoms with Crippen LogP contribution in [0.4, 0.5) is 5.69 Å². The van der Waals surface area contributed by atoms with Crippen LogP contribution < -0.4 is 10.6 Å². The molecule has 5 heteroatoms. The zero-order chi connectivity index (χ0) is 28.6. The van der Waals surface area contributed by atoms with Crippen LogP contribution in [0.2, 0.25) is 0 Å². The number of nitrogens with one attached hydrogen (secondary N) is 2. The molecule has 0 bridgehead atoms. The molecular formula is C36H28N2O3. The molecule has 0 radical (unpaired) electrons. The lowest BCUT2D eigenvalue weighted by atomic mass is 10.0. The number of allylic oxidation sites excluding steroid dienone is 1. The van der Waals surface area contributed by atoms with Gasteiger partial charge in [0, 0.05) is 16.8 Å². The van der Waals surface area contributed by atoms with Gasteiger partial charge in [-0.1, -0.05) is 91.0 Å². The maximum Gasteiger partial charge on any atom is 0.272 e. The van der Waals surface area contributed by atoms with Crippen molar-refractivity contribution in [2.75, 3.05) is 5.32 Å². The van der Waals surface area contributed by atoms with E-state index in [1.807, 2.05) is 85.8 Å². The normalized spacial score (nSPS) is 11.4. The number of fused-ring (bicyclic) bond motifs is 1. The highest BCUT2D eigenvalue weighted by molar-refractivity contribution is 6.11. The standard InChI is InChI=1S/C36H28N2O3/c1-25-10-5-6-14-30(25)24-33(38-35(40)29-12-3-2-4-13-29)36(41)37-31-21-18-28(19-22-31)34(39)23-20-27-16-9-15-26-11-7-8-17-32(26)27/h2-24H,1H3,(H,37,41)(H,38,40)/b23-20+,33-24-. The number of rotatable bonds is 8. The molecule has 200 valence electrons. The van der Waals surface area contributed by atoms with Crippen LogP contribution in [-0.4, -0.2) is 17.6 Å². The van der Waals surface area contributed by atoms with E-state index in [4.69, 9.17) is 0 Å². The van der Waals surface area contributed by atoms with Gasteiger partial charge < -0.3 is 10.6 Å². The van der Waals surface area contributed by atoms with E-state index >= 15 is 0 Å². The van der Waals surface area contributed by atoms with E-state index in [1.165, 1.54) is 0 Å². The number of hydrogen-bond donors (Lipinski definition) is 2. The van der Waals surface area contributed by atoms with Gasteiger partial charge in [-0.05, 0) is 82.9 Å². The Balaban J connectivity index is 1.32. The van der Waals surface area contributed by atoms with Gasteiger partial charge in [-0.2, -0.15) is 0 Å². The molecule has 0 atom stereocenters. The Morgan fingerprint density at radius 3 is 2.07 bits per heavy atom. The van der Waals surface area contributed by atoms with E-state index in [1.54, 1.807) is 60.7 Å². The van der Waals surface area contributed by atoms with Crippen molar-refractivity contribution in [3.05, 3.63) is 161 Å². The van der Waals surface area contributed by atoms with Crippen LogP contribution in [0, 0.1) is 6.92 Å². The minimum Gasteiger partial charge on any atom is -0.321 e. The van der Waals surface area contributed by atoms with Gasteiger partial charge >= 0.3 is 0 Å². The number of carbonyl (C=O) groups is 3. The first kappa shape index (κ1) is 27.0. The van der Waals surface area contributed by atoms with Crippen LogP contribution in [0.1, 0.15) is 37.4 Å². The topological polar surface area (TPSA) is 75.3 Å². The molecule has 0 saturated heterocycles. The predicted molar refractivity (Wildman–Crippen MR) is 165 cm³/mol. The highest BCUT2D eigenvalue weighted by Gasteiger charge is 2.16. The zero-order valence-electron chi connectivity index (χ0n) is 22.5. The van der Waals surface area contributed by atoms with Gasteiger partial charge in [0.1, 0.15) is 5.70 Å². The molecule has 5 nitrogen and oxygen atoms in total. The summed E-state index contributed by atoms with van der Waals surface area (Å²) in [7, 11) is 0. The Hall–Kier alpha value is -5.55. The number of aryl methyl sites for hydroxylation is 1. The lowest BCUT2D eigenvalue weighted by Crippen LogP contribution is -2.30. The lowest BCUT2D eigenvalue weighted by molar-refractivity contribution is -0.113. The first-order chi connectivity index (χ1) is 20.0. The molecule has 2 amide bonds. The molecule has 5 aromatic carbocycles. The molecule has 2 N–H and O–H groups in total. The number of carbonyl (C=O) groups excluding carboxylic acids is 3. The molecular weight excluding hydrogens is 508 g/mol. The molecule has 0 aliphatic carbocycles. The van der Waals surface area contributed by atoms with E-state index in [-0.39, 0.29) is 17.4 Å². The van der Waals surface area contributed by atoms with Crippen molar-refractivity contribution < 1.29 is 14.4 Å². The predicted octanol–water partition coefficient (Wildman–Crippen LogP) is 7.45. The fourth-order valence-electron chi connectivity index (χ4n) is 4.42. The highest BCUT2D eigenvalue weighted by atomic mass is 16.2. The molecule has 0 aliphatic rings. The van der Waals surface area contributed by atoms with Gasteiger partial charge in [-0.25, -0.2) is 0 Å². The summed E-state index contributed by atoms with van der Waals surface area (Å²) in [6, 6.07) is 37.0. The first-order valence-electron chi connectivity index (χ1n) is 13.2. The van der Waals surface area contributed by atoms with E-state index in [9.17, 15) is 14.4 Å². The van der Waals surface area contributed by atoms with Crippen molar-refractivity contribution in [2.45, 2.75) is 6.92 Å². The third-order valence-corrected chi connectivity index (χ3v) is 6.68. The van der Waals surface area contributed by atoms with Gasteiger partial charge in [0.05, 0.1) is 0 Å². The molecule has 41 heavy (non-hydrogen) atoms. The quantitative estimate of drug-likeness (QED) is 0.160. The molecule has 0 unspecified atom stereocenters. The molecule has 0 aromatic heterocycles. The van der Waals surface area contributed by atoms with Crippen LogP contribution >= 0.6 is 0 Å². The zero-order valence-corrected chi connectivity index (χ0v) is 22.5. The van der Waals surface area contributed by atoms with Crippen molar-refractivity contribution in [2.24, 2.45) is 0 Å². The number of hydrogen-bond acceptors (Lipinski definition) is 3. The van der Waals surface area contributed by atoms with Crippen molar-refractivity contribution in [1.82, 2.24) is 5.32 Å². The Kier molecular flexibility index (Phi) is 8.27. The Bertz CT molecular complexity index is 1780. The summed E-state index contributed by atoms with van der Waals surface area (Å²) in [5.41, 5.74) is 4.27. The van der Waals surface area contributed by atoms with Crippen LogP contribution in [-0.2, 0) is 4.79 Å². The van der Waals surface area contributed by atoms with Gasteiger partial charge in [0.15, 0.2) is 5.78 Å². The second kappa shape index (κ2) is 12.5. The summed E-state index contributed by atoms with van der Waals surface area (Å²) in [5, 5.41) is 7.77. The summed E-state index contributed by atoms with van der Waals surface area (Å²) in [6.07, 6.45) is 5.03. The molecule has 5 aromatic rings. The number of benzene rings is 5. The Labute approximate surface area is 238 Å². The van der Waals surface area contributed by atoms with Gasteiger partial charge in [-0.15, -0.1) is 0 Å². The smallest absolute Gasteiger partial charge is 0.272 e. The Morgan fingerprint density at radius 1 is 0.634 bits per heavy atom. The SMILES string of the molecule is Cc1ccccc1/C=C(\NC(=O)c1ccccc1)C(=O)Nc1ccc(C(=O)/C=C/c2cccc3ccccc23)cc1. The lowest BCUT2D eigenvalue weighted by Gasteiger charge is -2.12. The average molecular weight is 537 g/mol. The van der Waals surface area contributed by atoms with E-state index in [2.05, 4.69) is 10.6 Å². The highest BCUT2D eigenvalue weighted by Crippen LogP contribution is 2.20. The van der Waals surface area contributed by atoms with E-state index < -0.39 is 5.91 Å². The third-order valence-electron chi connectivity index (χ3n) is 6.68. The summed E-state index contributed by atoms with van der Waals surface area (Å²) in [4.78, 5) is 39.0. The van der Waals surface area contributed by atoms with Crippen LogP contribution in [0.25, 0.3) is 22.9 Å². The summed E-state index contributed by atoms with van der Waals surface area (Å²) < 4.78 is 0. The largest absolute Gasteiger partial charge is 0.321 e. The maximum atomic E-state index is 13.3. The van der Waals surface area contributed by atoms with E-state index in [0.717, 1.165) is 27.5 Å². The van der Waals surface area contributed by atoms with E-state index in [0.29, 0.717) is 16.8 Å². The van der Waals surface area contributed by atoms with Crippen molar-refractivity contribution >= 4 is 46.2 Å². The molecule has 0 heterocycles. The van der Waals surface area contributed by atoms with Crippen LogP contribution in [0.15, 0.2) is 133 Å². The van der Waals surface area contributed by atoms with Crippen LogP contribution in [0.5, 0.6) is 0 Å². The molecule has 0 fully saturated rings. The monoisotopic (exact) mass is 536 g/mol. The molecule has 0 saturated carbocycles. The second-order valence-electron chi connectivity index (χ2n) is 9.53. The third kappa shape index (κ3) is 6.72. The van der Waals surface area contributed by atoms with Crippen molar-refractivity contribution in [3.63, 3.8) is 0 Å². The number of amides is 2. The molecule has 5 rings (SSSR count). The fourth-order valence-corrected chi connectivity index (χ4v) is 4.42. The van der Waals surface area contributed by atoms with Crippen molar-refractivity contribution in [3.8, 4) is 0 Å². The van der Waals surface area contributed by atoms with Crippen molar-refractivity contribution in [1.29, 1.82) is 0 Å². The number of anilines is 1. The second-order valence-corrected chi connectivity index (χ2v) is 9.53. The Morgan fingerprint density at radius 2 is 1.29 bits per heavy atom.